The quantitative estimate of drug-likeness (QED) is 0.469. The number of nitrogens with one attached hydrogen (secondary N) is 1. The molecular formula is C29H26F2N2O3. The van der Waals surface area contributed by atoms with Crippen molar-refractivity contribution in [2.45, 2.75) is 37.9 Å². The van der Waals surface area contributed by atoms with Gasteiger partial charge in [0.15, 0.2) is 0 Å². The Hall–Kier alpha value is -4.00. The number of rotatable bonds is 5. The van der Waals surface area contributed by atoms with Crippen LogP contribution in [-0.2, 0) is 16.1 Å². The predicted molar refractivity (Wildman–Crippen MR) is 133 cm³/mol. The van der Waals surface area contributed by atoms with Gasteiger partial charge in [-0.1, -0.05) is 54.6 Å². The molecule has 2 aliphatic rings. The second kappa shape index (κ2) is 9.93. The number of ether oxygens (including phenoxy) is 1. The molecule has 5 nitrogen and oxygen atoms in total. The third kappa shape index (κ3) is 4.49. The molecule has 0 saturated carbocycles. The summed E-state index contributed by atoms with van der Waals surface area (Å²) in [6.45, 7) is 0.241. The summed E-state index contributed by atoms with van der Waals surface area (Å²) in [5, 5.41) is 2.89. The van der Waals surface area contributed by atoms with Crippen LogP contribution >= 0.6 is 0 Å². The first-order valence-corrected chi connectivity index (χ1v) is 11.9. The van der Waals surface area contributed by atoms with Gasteiger partial charge in [-0.2, -0.15) is 0 Å². The average molecular weight is 489 g/mol. The highest BCUT2D eigenvalue weighted by Crippen LogP contribution is 2.44. The fourth-order valence-electron chi connectivity index (χ4n) is 5.29. The zero-order valence-corrected chi connectivity index (χ0v) is 19.8. The number of hydrogen-bond donors (Lipinski definition) is 1. The molecule has 2 amide bonds. The lowest BCUT2D eigenvalue weighted by atomic mass is 9.87. The van der Waals surface area contributed by atoms with E-state index in [2.05, 4.69) is 5.32 Å². The van der Waals surface area contributed by atoms with E-state index in [-0.39, 0.29) is 30.3 Å². The maximum atomic E-state index is 15.2. The van der Waals surface area contributed by atoms with Gasteiger partial charge in [0.2, 0.25) is 0 Å². The lowest BCUT2D eigenvalue weighted by Crippen LogP contribution is -2.50. The molecule has 2 bridgehead atoms. The Morgan fingerprint density at radius 1 is 0.972 bits per heavy atom. The van der Waals surface area contributed by atoms with E-state index in [4.69, 9.17) is 4.74 Å². The Balaban J connectivity index is 1.44. The summed E-state index contributed by atoms with van der Waals surface area (Å²) in [5.74, 6) is -1.23. The van der Waals surface area contributed by atoms with Crippen molar-refractivity contribution >= 4 is 17.6 Å². The number of urea groups is 1. The van der Waals surface area contributed by atoms with Crippen molar-refractivity contribution in [2.75, 3.05) is 7.11 Å². The van der Waals surface area contributed by atoms with Crippen molar-refractivity contribution in [2.24, 2.45) is 0 Å². The highest BCUT2D eigenvalue weighted by Gasteiger charge is 2.46. The summed E-state index contributed by atoms with van der Waals surface area (Å²) in [5.41, 5.74) is 3.77. The van der Waals surface area contributed by atoms with Crippen molar-refractivity contribution < 1.29 is 23.1 Å². The van der Waals surface area contributed by atoms with E-state index in [0.717, 1.165) is 23.1 Å². The lowest BCUT2D eigenvalue weighted by molar-refractivity contribution is -0.136. The number of esters is 1. The molecule has 1 fully saturated rings. The maximum absolute atomic E-state index is 15.2. The third-order valence-corrected chi connectivity index (χ3v) is 7.00. The fourth-order valence-corrected chi connectivity index (χ4v) is 5.29. The summed E-state index contributed by atoms with van der Waals surface area (Å²) in [4.78, 5) is 27.8. The van der Waals surface area contributed by atoms with Gasteiger partial charge in [0.1, 0.15) is 11.6 Å². The van der Waals surface area contributed by atoms with Crippen molar-refractivity contribution in [3.8, 4) is 11.1 Å². The zero-order chi connectivity index (χ0) is 25.2. The molecule has 3 aromatic rings. The summed E-state index contributed by atoms with van der Waals surface area (Å²) < 4.78 is 33.4. The van der Waals surface area contributed by atoms with Crippen LogP contribution in [0.1, 0.15) is 30.4 Å². The van der Waals surface area contributed by atoms with E-state index >= 15 is 4.39 Å². The first-order valence-electron chi connectivity index (χ1n) is 11.9. The number of amides is 2. The first kappa shape index (κ1) is 23.7. The van der Waals surface area contributed by atoms with Crippen LogP contribution in [0.25, 0.3) is 16.7 Å². The number of halogens is 2. The Labute approximate surface area is 208 Å². The van der Waals surface area contributed by atoms with Gasteiger partial charge >= 0.3 is 12.0 Å². The van der Waals surface area contributed by atoms with Crippen molar-refractivity contribution in [1.29, 1.82) is 0 Å². The molecule has 0 radical (unpaired) electrons. The molecule has 7 heteroatoms. The largest absolute Gasteiger partial charge is 0.466 e. The molecule has 1 N–H and O–H groups in total. The van der Waals surface area contributed by atoms with Gasteiger partial charge < -0.3 is 15.0 Å². The zero-order valence-electron chi connectivity index (χ0n) is 19.8. The van der Waals surface area contributed by atoms with E-state index < -0.39 is 12.0 Å². The van der Waals surface area contributed by atoms with Gasteiger partial charge in [0.05, 0.1) is 18.7 Å². The molecule has 1 saturated heterocycles. The number of carbonyl (C=O) groups is 2. The third-order valence-electron chi connectivity index (χ3n) is 7.00. The molecule has 36 heavy (non-hydrogen) atoms. The summed E-state index contributed by atoms with van der Waals surface area (Å²) in [6.07, 6.45) is 1.77. The molecule has 0 unspecified atom stereocenters. The van der Waals surface area contributed by atoms with Crippen molar-refractivity contribution in [3.63, 3.8) is 0 Å². The standard InChI is InChI=1S/C29H26F2N2O3/c1-36-28(34)27-24(20-9-13-23(25(31)15-20)19-5-3-2-4-6-19)16-22-12-14-26(27)33(22)29(35)32-17-18-7-10-21(30)11-8-18/h2-11,13,15,22,26H,12,14,16-17H2,1H3,(H,32,35)/t22-,26+/m0/s1. The van der Waals surface area contributed by atoms with Crippen LogP contribution in [0.3, 0.4) is 0 Å². The van der Waals surface area contributed by atoms with Gasteiger partial charge in [-0.05, 0) is 59.7 Å². The number of fused-ring (bicyclic) bond motifs is 2. The number of hydrogen-bond acceptors (Lipinski definition) is 3. The van der Waals surface area contributed by atoms with E-state index in [1.165, 1.54) is 25.3 Å². The van der Waals surface area contributed by atoms with Gasteiger partial charge in [-0.25, -0.2) is 18.4 Å². The maximum Gasteiger partial charge on any atom is 0.336 e. The number of methoxy groups -OCH3 is 1. The molecule has 2 heterocycles. The van der Waals surface area contributed by atoms with E-state index in [0.29, 0.717) is 29.5 Å². The molecule has 2 atom stereocenters. The van der Waals surface area contributed by atoms with Crippen LogP contribution in [0.2, 0.25) is 0 Å². The van der Waals surface area contributed by atoms with Crippen LogP contribution in [-0.4, -0.2) is 36.1 Å². The van der Waals surface area contributed by atoms with E-state index in [1.807, 2.05) is 36.4 Å². The topological polar surface area (TPSA) is 58.6 Å². The molecule has 5 rings (SSSR count). The van der Waals surface area contributed by atoms with Gasteiger partial charge in [-0.3, -0.25) is 0 Å². The molecule has 3 aromatic carbocycles. The van der Waals surface area contributed by atoms with E-state index in [9.17, 15) is 14.0 Å². The minimum absolute atomic E-state index is 0.122. The van der Waals surface area contributed by atoms with Gasteiger partial charge in [0.25, 0.3) is 0 Å². The van der Waals surface area contributed by atoms with Crippen LogP contribution in [0, 0.1) is 11.6 Å². The Morgan fingerprint density at radius 2 is 1.72 bits per heavy atom. The Bertz CT molecular complexity index is 1320. The molecule has 0 spiro atoms. The molecule has 0 aromatic heterocycles. The van der Waals surface area contributed by atoms with Crippen LogP contribution < -0.4 is 5.32 Å². The summed E-state index contributed by atoms with van der Waals surface area (Å²) >= 11 is 0. The smallest absolute Gasteiger partial charge is 0.336 e. The van der Waals surface area contributed by atoms with Crippen molar-refractivity contribution in [1.82, 2.24) is 10.2 Å². The van der Waals surface area contributed by atoms with Crippen LogP contribution in [0.15, 0.2) is 78.4 Å². The molecule has 2 aliphatic heterocycles. The SMILES string of the molecule is COC(=O)C1=C(c2ccc(-c3ccccc3)c(F)c2)C[C@@H]2CC[C@H]1N2C(=O)NCc1ccc(F)cc1. The average Bonchev–Trinajstić information content (AvgIpc) is 3.21. The van der Waals surface area contributed by atoms with Crippen LogP contribution in [0.5, 0.6) is 0 Å². The normalized spacial score (nSPS) is 18.8. The van der Waals surface area contributed by atoms with Gasteiger partial charge in [-0.15, -0.1) is 0 Å². The Morgan fingerprint density at radius 3 is 2.42 bits per heavy atom. The minimum Gasteiger partial charge on any atom is -0.466 e. The van der Waals surface area contributed by atoms with E-state index in [1.54, 1.807) is 23.1 Å². The Kier molecular flexibility index (Phi) is 6.55. The first-order chi connectivity index (χ1) is 17.5. The second-order valence-corrected chi connectivity index (χ2v) is 9.09. The monoisotopic (exact) mass is 488 g/mol. The van der Waals surface area contributed by atoms with Gasteiger partial charge in [0, 0.05) is 18.2 Å². The second-order valence-electron chi connectivity index (χ2n) is 9.09. The molecule has 184 valence electrons. The van der Waals surface area contributed by atoms with Crippen molar-refractivity contribution in [3.05, 3.63) is 101 Å². The minimum atomic E-state index is -0.515. The fraction of sp³-hybridized carbons (Fsp3) is 0.241. The highest BCUT2D eigenvalue weighted by atomic mass is 19.1. The number of benzene rings is 3. The molecular weight excluding hydrogens is 462 g/mol. The molecule has 0 aliphatic carbocycles. The van der Waals surface area contributed by atoms with Crippen LogP contribution in [0.4, 0.5) is 13.6 Å². The number of nitrogens with zero attached hydrogens (tertiary/aromatic N) is 1. The predicted octanol–water partition coefficient (Wildman–Crippen LogP) is 5.70. The highest BCUT2D eigenvalue weighted by molar-refractivity contribution is 6.01. The summed E-state index contributed by atoms with van der Waals surface area (Å²) in [6, 6.07) is 19.4. The summed E-state index contributed by atoms with van der Waals surface area (Å²) in [7, 11) is 1.31. The lowest BCUT2D eigenvalue weighted by Gasteiger charge is -2.37. The number of carbonyl (C=O) groups excluding carboxylic acids is 2.